The molecule has 1 saturated carbocycles. The summed E-state index contributed by atoms with van der Waals surface area (Å²) in [7, 11) is 2.10. The van der Waals surface area contributed by atoms with Crippen LogP contribution in [0.25, 0.3) is 11.0 Å². The van der Waals surface area contributed by atoms with E-state index in [1.165, 1.54) is 18.4 Å². The summed E-state index contributed by atoms with van der Waals surface area (Å²) in [6.45, 7) is 4.67. The quantitative estimate of drug-likeness (QED) is 0.935. The predicted molar refractivity (Wildman–Crippen MR) is 88.1 cm³/mol. The molecule has 0 spiro atoms. The van der Waals surface area contributed by atoms with E-state index < -0.39 is 0 Å². The molecule has 3 heteroatoms. The van der Waals surface area contributed by atoms with Crippen LogP contribution in [0.5, 0.6) is 0 Å². The summed E-state index contributed by atoms with van der Waals surface area (Å²) in [5.41, 5.74) is 8.90. The smallest absolute Gasteiger partial charge is 0.111 e. The van der Waals surface area contributed by atoms with Crippen LogP contribution < -0.4 is 5.73 Å². The SMILES string of the molecule is CC(C)C1CCC(N)(Cc2nc3ccccc3n2C)CC1. The van der Waals surface area contributed by atoms with Crippen molar-refractivity contribution in [2.75, 3.05) is 0 Å². The molecule has 1 aromatic carbocycles. The Balaban J connectivity index is 1.77. The summed E-state index contributed by atoms with van der Waals surface area (Å²) >= 11 is 0. The molecule has 3 nitrogen and oxygen atoms in total. The average Bonchev–Trinajstić information content (AvgIpc) is 2.76. The molecule has 0 saturated heterocycles. The zero-order valence-electron chi connectivity index (χ0n) is 13.5. The van der Waals surface area contributed by atoms with Gasteiger partial charge in [-0.2, -0.15) is 0 Å². The second kappa shape index (κ2) is 5.45. The second-order valence-corrected chi connectivity index (χ2v) is 7.20. The molecule has 1 fully saturated rings. The van der Waals surface area contributed by atoms with Crippen LogP contribution >= 0.6 is 0 Å². The normalized spacial score (nSPS) is 26.6. The van der Waals surface area contributed by atoms with E-state index in [1.54, 1.807) is 0 Å². The molecule has 0 radical (unpaired) electrons. The number of para-hydroxylation sites is 2. The van der Waals surface area contributed by atoms with Crippen LogP contribution in [0.15, 0.2) is 24.3 Å². The molecule has 21 heavy (non-hydrogen) atoms. The minimum Gasteiger partial charge on any atom is -0.331 e. The lowest BCUT2D eigenvalue weighted by atomic mass is 9.72. The second-order valence-electron chi connectivity index (χ2n) is 7.20. The van der Waals surface area contributed by atoms with Crippen molar-refractivity contribution >= 4 is 11.0 Å². The van der Waals surface area contributed by atoms with E-state index in [4.69, 9.17) is 10.7 Å². The predicted octanol–water partition coefficient (Wildman–Crippen LogP) is 3.66. The highest BCUT2D eigenvalue weighted by Crippen LogP contribution is 2.36. The number of aromatic nitrogens is 2. The lowest BCUT2D eigenvalue weighted by Gasteiger charge is -2.38. The fourth-order valence-corrected chi connectivity index (χ4v) is 3.73. The van der Waals surface area contributed by atoms with Gasteiger partial charge in [0.1, 0.15) is 5.82 Å². The van der Waals surface area contributed by atoms with E-state index in [1.807, 2.05) is 6.07 Å². The summed E-state index contributed by atoms with van der Waals surface area (Å²) in [4.78, 5) is 4.79. The molecule has 1 aromatic heterocycles. The maximum atomic E-state index is 6.69. The van der Waals surface area contributed by atoms with Gasteiger partial charge in [-0.25, -0.2) is 4.98 Å². The van der Waals surface area contributed by atoms with Crippen LogP contribution in [0.4, 0.5) is 0 Å². The molecule has 2 aromatic rings. The highest BCUT2D eigenvalue weighted by atomic mass is 15.1. The number of aryl methyl sites for hydroxylation is 1. The maximum absolute atomic E-state index is 6.69. The molecule has 1 aliphatic rings. The van der Waals surface area contributed by atoms with Gasteiger partial charge >= 0.3 is 0 Å². The van der Waals surface area contributed by atoms with E-state index >= 15 is 0 Å². The molecule has 0 bridgehead atoms. The van der Waals surface area contributed by atoms with E-state index in [9.17, 15) is 0 Å². The van der Waals surface area contributed by atoms with Gasteiger partial charge in [-0.1, -0.05) is 26.0 Å². The lowest BCUT2D eigenvalue weighted by molar-refractivity contribution is 0.192. The van der Waals surface area contributed by atoms with Gasteiger partial charge in [0.2, 0.25) is 0 Å². The first-order valence-electron chi connectivity index (χ1n) is 8.18. The Hall–Kier alpha value is -1.35. The Morgan fingerprint density at radius 1 is 1.29 bits per heavy atom. The average molecular weight is 285 g/mol. The molecular formula is C18H27N3. The molecule has 0 unspecified atom stereocenters. The topological polar surface area (TPSA) is 43.8 Å². The van der Waals surface area contributed by atoms with Gasteiger partial charge in [0.05, 0.1) is 11.0 Å². The van der Waals surface area contributed by atoms with Crippen LogP contribution in [0, 0.1) is 11.8 Å². The van der Waals surface area contributed by atoms with Crippen molar-refractivity contribution in [3.05, 3.63) is 30.1 Å². The Labute approximate surface area is 127 Å². The molecule has 3 rings (SSSR count). The van der Waals surface area contributed by atoms with Gasteiger partial charge in [-0.3, -0.25) is 0 Å². The van der Waals surface area contributed by atoms with Crippen molar-refractivity contribution in [2.45, 2.75) is 51.5 Å². The van der Waals surface area contributed by atoms with Crippen molar-refractivity contribution < 1.29 is 0 Å². The van der Waals surface area contributed by atoms with E-state index in [-0.39, 0.29) is 5.54 Å². The fraction of sp³-hybridized carbons (Fsp3) is 0.611. The number of imidazole rings is 1. The number of rotatable bonds is 3. The first-order chi connectivity index (χ1) is 9.98. The van der Waals surface area contributed by atoms with Crippen LogP contribution in [0.3, 0.4) is 0 Å². The van der Waals surface area contributed by atoms with E-state index in [0.717, 1.165) is 42.4 Å². The maximum Gasteiger partial charge on any atom is 0.111 e. The van der Waals surface area contributed by atoms with Crippen molar-refractivity contribution in [3.8, 4) is 0 Å². The molecule has 0 amide bonds. The van der Waals surface area contributed by atoms with Crippen LogP contribution in [-0.4, -0.2) is 15.1 Å². The Kier molecular flexibility index (Phi) is 3.78. The highest BCUT2D eigenvalue weighted by Gasteiger charge is 2.34. The summed E-state index contributed by atoms with van der Waals surface area (Å²) < 4.78 is 2.21. The summed E-state index contributed by atoms with van der Waals surface area (Å²) in [6.07, 6.45) is 5.66. The van der Waals surface area contributed by atoms with E-state index in [0.29, 0.717) is 0 Å². The Bertz CT molecular complexity index is 618. The monoisotopic (exact) mass is 285 g/mol. The molecule has 114 valence electrons. The first kappa shape index (κ1) is 14.6. The lowest BCUT2D eigenvalue weighted by Crippen LogP contribution is -2.46. The number of benzene rings is 1. The van der Waals surface area contributed by atoms with Crippen molar-refractivity contribution in [1.29, 1.82) is 0 Å². The molecule has 0 aliphatic heterocycles. The minimum absolute atomic E-state index is 0.0689. The van der Waals surface area contributed by atoms with Crippen LogP contribution in [0.1, 0.15) is 45.4 Å². The molecule has 2 N–H and O–H groups in total. The zero-order chi connectivity index (χ0) is 15.0. The number of nitrogens with two attached hydrogens (primary N) is 1. The van der Waals surface area contributed by atoms with Gasteiger partial charge in [0, 0.05) is 19.0 Å². The van der Waals surface area contributed by atoms with Crippen molar-refractivity contribution in [2.24, 2.45) is 24.6 Å². The van der Waals surface area contributed by atoms with Crippen LogP contribution in [0.2, 0.25) is 0 Å². The fourth-order valence-electron chi connectivity index (χ4n) is 3.73. The third-order valence-corrected chi connectivity index (χ3v) is 5.36. The number of nitrogens with zero attached hydrogens (tertiary/aromatic N) is 2. The van der Waals surface area contributed by atoms with Crippen LogP contribution in [-0.2, 0) is 13.5 Å². The highest BCUT2D eigenvalue weighted by molar-refractivity contribution is 5.75. The van der Waals surface area contributed by atoms with Gasteiger partial charge in [0.25, 0.3) is 0 Å². The van der Waals surface area contributed by atoms with Gasteiger partial charge in [-0.15, -0.1) is 0 Å². The summed E-state index contributed by atoms with van der Waals surface area (Å²) in [6, 6.07) is 8.33. The number of hydrogen-bond acceptors (Lipinski definition) is 2. The number of hydrogen-bond donors (Lipinski definition) is 1. The zero-order valence-corrected chi connectivity index (χ0v) is 13.5. The molecular weight excluding hydrogens is 258 g/mol. The molecule has 0 atom stereocenters. The Morgan fingerprint density at radius 2 is 1.95 bits per heavy atom. The van der Waals surface area contributed by atoms with Gasteiger partial charge < -0.3 is 10.3 Å². The van der Waals surface area contributed by atoms with Gasteiger partial charge in [0.15, 0.2) is 0 Å². The third-order valence-electron chi connectivity index (χ3n) is 5.36. The van der Waals surface area contributed by atoms with Crippen molar-refractivity contribution in [3.63, 3.8) is 0 Å². The summed E-state index contributed by atoms with van der Waals surface area (Å²) in [5, 5.41) is 0. The first-order valence-corrected chi connectivity index (χ1v) is 8.18. The molecule has 1 heterocycles. The largest absolute Gasteiger partial charge is 0.331 e. The standard InChI is InChI=1S/C18H27N3/c1-13(2)14-8-10-18(19,11-9-14)12-17-20-15-6-4-5-7-16(15)21(17)3/h4-7,13-14H,8-12,19H2,1-3H3. The summed E-state index contributed by atoms with van der Waals surface area (Å²) in [5.74, 6) is 2.76. The van der Waals surface area contributed by atoms with E-state index in [2.05, 4.69) is 43.7 Å². The number of fused-ring (bicyclic) bond motifs is 1. The third kappa shape index (κ3) is 2.84. The minimum atomic E-state index is -0.0689. The van der Waals surface area contributed by atoms with Gasteiger partial charge in [-0.05, 0) is 49.7 Å². The Morgan fingerprint density at radius 3 is 2.57 bits per heavy atom. The molecule has 1 aliphatic carbocycles. The van der Waals surface area contributed by atoms with Crippen molar-refractivity contribution in [1.82, 2.24) is 9.55 Å².